The van der Waals surface area contributed by atoms with Crippen LogP contribution in [0.25, 0.3) is 0 Å². The third kappa shape index (κ3) is 1.31. The summed E-state index contributed by atoms with van der Waals surface area (Å²) in [6.07, 6.45) is 0. The molecule has 2 rings (SSSR count). The summed E-state index contributed by atoms with van der Waals surface area (Å²) in [5.74, 6) is 0.842. The van der Waals surface area contributed by atoms with Gasteiger partial charge in [-0.05, 0) is 18.2 Å². The molecular formula is C10H10Cl2O. The van der Waals surface area contributed by atoms with Gasteiger partial charge in [0.2, 0.25) is 0 Å². The van der Waals surface area contributed by atoms with Gasteiger partial charge in [-0.2, -0.15) is 0 Å². The van der Waals surface area contributed by atoms with E-state index < -0.39 is 0 Å². The lowest BCUT2D eigenvalue weighted by atomic mass is 9.87. The Kier molecular flexibility index (Phi) is 1.97. The van der Waals surface area contributed by atoms with Gasteiger partial charge in [-0.3, -0.25) is 0 Å². The molecule has 0 aromatic heterocycles. The molecule has 0 radical (unpaired) electrons. The summed E-state index contributed by atoms with van der Waals surface area (Å²) >= 11 is 12.0. The molecule has 1 aromatic rings. The summed E-state index contributed by atoms with van der Waals surface area (Å²) in [5, 5.41) is 0.723. The minimum atomic E-state index is -0.305. The smallest absolute Gasteiger partial charge is 0.181 e. The molecule has 0 amide bonds. The Bertz CT molecular complexity index is 347. The maximum atomic E-state index is 6.06. The molecule has 1 aliphatic heterocycles. The second kappa shape index (κ2) is 2.79. The number of alkyl halides is 1. The first-order valence-corrected chi connectivity index (χ1v) is 4.94. The highest BCUT2D eigenvalue weighted by molar-refractivity contribution is 6.30. The molecule has 1 nitrogen and oxygen atoms in total. The third-order valence-electron chi connectivity index (χ3n) is 2.43. The van der Waals surface area contributed by atoms with Crippen molar-refractivity contribution in [3.05, 3.63) is 28.8 Å². The van der Waals surface area contributed by atoms with Crippen LogP contribution in [0.2, 0.25) is 5.02 Å². The number of rotatable bonds is 0. The maximum Gasteiger partial charge on any atom is 0.181 e. The number of hydrogen-bond acceptors (Lipinski definition) is 1. The summed E-state index contributed by atoms with van der Waals surface area (Å²) in [5.41, 5.74) is 0.614. The van der Waals surface area contributed by atoms with E-state index >= 15 is 0 Å². The Morgan fingerprint density at radius 1 is 1.38 bits per heavy atom. The quantitative estimate of drug-likeness (QED) is 0.603. The normalized spacial score (nSPS) is 23.8. The highest BCUT2D eigenvalue weighted by atomic mass is 35.5. The van der Waals surface area contributed by atoms with Crippen molar-refractivity contribution in [1.29, 1.82) is 0 Å². The van der Waals surface area contributed by atoms with E-state index in [4.69, 9.17) is 27.9 Å². The summed E-state index contributed by atoms with van der Waals surface area (Å²) in [4.78, 5) is 0. The Hall–Kier alpha value is -0.400. The van der Waals surface area contributed by atoms with Gasteiger partial charge in [-0.1, -0.05) is 37.0 Å². The van der Waals surface area contributed by atoms with E-state index in [1.165, 1.54) is 0 Å². The highest BCUT2D eigenvalue weighted by Crippen LogP contribution is 2.44. The van der Waals surface area contributed by atoms with Crippen LogP contribution in [0.15, 0.2) is 18.2 Å². The summed E-state index contributed by atoms with van der Waals surface area (Å²) in [6, 6.07) is 5.59. The number of halogens is 2. The van der Waals surface area contributed by atoms with Crippen LogP contribution in [-0.4, -0.2) is 5.56 Å². The summed E-state index contributed by atoms with van der Waals surface area (Å²) in [6.45, 7) is 4.10. The molecule has 1 aliphatic rings. The van der Waals surface area contributed by atoms with E-state index in [1.807, 2.05) is 32.0 Å². The Morgan fingerprint density at radius 3 is 2.77 bits per heavy atom. The molecule has 0 N–H and O–H groups in total. The van der Waals surface area contributed by atoms with Crippen molar-refractivity contribution in [1.82, 2.24) is 0 Å². The van der Waals surface area contributed by atoms with E-state index in [9.17, 15) is 0 Å². The van der Waals surface area contributed by atoms with Gasteiger partial charge in [-0.15, -0.1) is 0 Å². The summed E-state index contributed by atoms with van der Waals surface area (Å²) in [7, 11) is 0. The molecule has 1 heterocycles. The molecule has 0 spiro atoms. The number of fused-ring (bicyclic) bond motifs is 1. The van der Waals surface area contributed by atoms with Crippen molar-refractivity contribution >= 4 is 23.2 Å². The molecule has 1 atom stereocenters. The van der Waals surface area contributed by atoms with Crippen molar-refractivity contribution in [2.24, 2.45) is 0 Å². The van der Waals surface area contributed by atoms with Crippen LogP contribution < -0.4 is 4.74 Å². The topological polar surface area (TPSA) is 9.23 Å². The van der Waals surface area contributed by atoms with Crippen molar-refractivity contribution in [2.45, 2.75) is 24.8 Å². The van der Waals surface area contributed by atoms with Crippen LogP contribution in [0.5, 0.6) is 5.75 Å². The van der Waals surface area contributed by atoms with Crippen LogP contribution in [0.3, 0.4) is 0 Å². The molecule has 1 unspecified atom stereocenters. The van der Waals surface area contributed by atoms with E-state index in [2.05, 4.69) is 0 Å². The first kappa shape index (κ1) is 9.17. The fourth-order valence-electron chi connectivity index (χ4n) is 1.49. The molecule has 70 valence electrons. The predicted octanol–water partition coefficient (Wildman–Crippen LogP) is 3.57. The average Bonchev–Trinajstić information content (AvgIpc) is 2.27. The molecule has 3 heteroatoms. The Morgan fingerprint density at radius 2 is 2.08 bits per heavy atom. The predicted molar refractivity (Wildman–Crippen MR) is 54.7 cm³/mol. The van der Waals surface area contributed by atoms with Gasteiger partial charge >= 0.3 is 0 Å². The van der Waals surface area contributed by atoms with E-state index in [0.29, 0.717) is 0 Å². The monoisotopic (exact) mass is 216 g/mol. The van der Waals surface area contributed by atoms with Gasteiger partial charge in [0.05, 0.1) is 0 Å². The van der Waals surface area contributed by atoms with Crippen molar-refractivity contribution < 1.29 is 4.74 Å². The third-order valence-corrected chi connectivity index (χ3v) is 3.30. The van der Waals surface area contributed by atoms with Crippen molar-refractivity contribution in [3.8, 4) is 5.75 Å². The maximum absolute atomic E-state index is 6.06. The average molecular weight is 217 g/mol. The molecule has 0 saturated heterocycles. The highest BCUT2D eigenvalue weighted by Gasteiger charge is 2.40. The SMILES string of the molecule is CC1(C)c2cc(Cl)ccc2OC1Cl. The van der Waals surface area contributed by atoms with Crippen LogP contribution in [0.1, 0.15) is 19.4 Å². The standard InChI is InChI=1S/C10H10Cl2O/c1-10(2)7-5-6(11)3-4-8(7)13-9(10)12/h3-5,9H,1-2H3. The van der Waals surface area contributed by atoms with Gasteiger partial charge in [-0.25, -0.2) is 0 Å². The molecule has 13 heavy (non-hydrogen) atoms. The first-order valence-electron chi connectivity index (χ1n) is 4.12. The molecular weight excluding hydrogens is 207 g/mol. The fourth-order valence-corrected chi connectivity index (χ4v) is 1.88. The van der Waals surface area contributed by atoms with Crippen molar-refractivity contribution in [2.75, 3.05) is 0 Å². The minimum absolute atomic E-state index is 0.165. The van der Waals surface area contributed by atoms with E-state index in [-0.39, 0.29) is 11.0 Å². The molecule has 1 aromatic carbocycles. The lowest BCUT2D eigenvalue weighted by Gasteiger charge is -2.20. The number of ether oxygens (including phenoxy) is 1. The Balaban J connectivity index is 2.57. The van der Waals surface area contributed by atoms with E-state index in [1.54, 1.807) is 0 Å². The zero-order valence-electron chi connectivity index (χ0n) is 7.47. The molecule has 0 aliphatic carbocycles. The largest absolute Gasteiger partial charge is 0.473 e. The first-order chi connectivity index (χ1) is 6.01. The molecule has 0 bridgehead atoms. The molecule has 0 fully saturated rings. The molecule has 0 saturated carbocycles. The van der Waals surface area contributed by atoms with Gasteiger partial charge in [0.15, 0.2) is 5.56 Å². The lowest BCUT2D eigenvalue weighted by molar-refractivity contribution is 0.247. The van der Waals surface area contributed by atoms with Gasteiger partial charge < -0.3 is 4.74 Å². The van der Waals surface area contributed by atoms with Gasteiger partial charge in [0.1, 0.15) is 5.75 Å². The zero-order chi connectivity index (χ0) is 9.64. The van der Waals surface area contributed by atoms with Crippen LogP contribution >= 0.6 is 23.2 Å². The summed E-state index contributed by atoms with van der Waals surface area (Å²) < 4.78 is 5.48. The van der Waals surface area contributed by atoms with Crippen LogP contribution in [-0.2, 0) is 5.41 Å². The fraction of sp³-hybridized carbons (Fsp3) is 0.400. The number of benzene rings is 1. The second-order valence-electron chi connectivity index (χ2n) is 3.80. The van der Waals surface area contributed by atoms with Crippen LogP contribution in [0, 0.1) is 0 Å². The van der Waals surface area contributed by atoms with Gasteiger partial charge in [0.25, 0.3) is 0 Å². The second-order valence-corrected chi connectivity index (χ2v) is 4.63. The lowest BCUT2D eigenvalue weighted by Crippen LogP contribution is -2.26. The van der Waals surface area contributed by atoms with E-state index in [0.717, 1.165) is 16.3 Å². The van der Waals surface area contributed by atoms with Crippen LogP contribution in [0.4, 0.5) is 0 Å². The van der Waals surface area contributed by atoms with Gasteiger partial charge in [0, 0.05) is 16.0 Å². The Labute approximate surface area is 87.6 Å². The number of hydrogen-bond donors (Lipinski definition) is 0. The zero-order valence-corrected chi connectivity index (χ0v) is 8.99. The van der Waals surface area contributed by atoms with Crippen molar-refractivity contribution in [3.63, 3.8) is 0 Å². The minimum Gasteiger partial charge on any atom is -0.473 e.